The van der Waals surface area contributed by atoms with E-state index in [9.17, 15) is 115 Å². The molecule has 21 N–H and O–H groups in total. The highest BCUT2D eigenvalue weighted by Gasteiger charge is 2.59. The first-order chi connectivity index (χ1) is 38.3. The van der Waals surface area contributed by atoms with Crippen LogP contribution in [-0.4, -0.2) is 376 Å². The van der Waals surface area contributed by atoms with Crippen molar-refractivity contribution in [1.82, 2.24) is 0 Å². The standard InChI is InChI=1S/C42H70O38S/c43-1-8-29-16(50)23(57)37(68-8)76-31-10(3-45)70-39(25(59)18(31)52)78-33-12(5-47)72-41(27(61)20(33)54)80-35-14(7-66-81(63,64)65)73-42(28(62)21(35)55)79-34-13(6-48)71-40(26(60)19(34)53)77-32-11(4-46)69-38(24(58)17(32)51)75-30-9(2-44)67-36(74-29)22(56)15(30)49/h8-62H,1-7H2,(H,63,64,65)/t8-,9-,10-,11-,12-,13-,14-,15-,16-,17-,18-,19-,20-,21-,22-,23-,24-,25-,26-,27-,28-,29-,30-,31-,32-,33-,34-,35-,36-,37-,38-,39-,40-,41-,42-/m1/s1. The lowest BCUT2D eigenvalue weighted by Gasteiger charge is -2.50. The van der Waals surface area contributed by atoms with Gasteiger partial charge in [-0.25, -0.2) is 4.18 Å². The number of aliphatic hydroxyl groups excluding tert-OH is 20. The van der Waals surface area contributed by atoms with Crippen LogP contribution in [-0.2, 0) is 80.9 Å². The van der Waals surface area contributed by atoms with Gasteiger partial charge < -0.3 is 168 Å². The molecule has 81 heavy (non-hydrogen) atoms. The maximum Gasteiger partial charge on any atom is 0.397 e. The van der Waals surface area contributed by atoms with E-state index in [4.69, 9.17) is 66.3 Å². The Morgan fingerprint density at radius 3 is 0.543 bits per heavy atom. The number of hydrogen-bond acceptors (Lipinski definition) is 37. The average Bonchev–Trinajstić information content (AvgIpc) is 3.48. The molecule has 0 aliphatic carbocycles. The molecule has 472 valence electrons. The van der Waals surface area contributed by atoms with Crippen molar-refractivity contribution >= 4 is 10.4 Å². The topological polar surface area (TPSA) is 597 Å². The van der Waals surface area contributed by atoms with Crippen LogP contribution in [0.2, 0.25) is 0 Å². The van der Waals surface area contributed by atoms with Crippen LogP contribution in [0.15, 0.2) is 0 Å². The Bertz CT molecular complexity index is 2070. The zero-order valence-corrected chi connectivity index (χ0v) is 42.7. The van der Waals surface area contributed by atoms with Crippen molar-refractivity contribution in [3.8, 4) is 0 Å². The van der Waals surface area contributed by atoms with E-state index in [1.165, 1.54) is 0 Å². The molecule has 21 rings (SSSR count). The molecule has 0 amide bonds. The quantitative estimate of drug-likeness (QED) is 0.0953. The minimum absolute atomic E-state index is 1.07. The summed E-state index contributed by atoms with van der Waals surface area (Å²) in [6, 6.07) is 0. The van der Waals surface area contributed by atoms with Crippen LogP contribution < -0.4 is 0 Å². The molecule has 0 spiro atoms. The van der Waals surface area contributed by atoms with Gasteiger partial charge in [0.25, 0.3) is 0 Å². The predicted octanol–water partition coefficient (Wildman–Crippen LogP) is -15.4. The van der Waals surface area contributed by atoms with Crippen LogP contribution in [0.25, 0.3) is 0 Å². The van der Waals surface area contributed by atoms with Crippen LogP contribution in [0, 0.1) is 0 Å². The maximum atomic E-state index is 11.7. The Hall–Kier alpha value is -1.49. The zero-order chi connectivity index (χ0) is 59.3. The van der Waals surface area contributed by atoms with E-state index in [0.29, 0.717) is 0 Å². The Labute approximate surface area is 456 Å². The van der Waals surface area contributed by atoms with E-state index in [1.54, 1.807) is 0 Å². The second kappa shape index (κ2) is 27.3. The third-order valence-electron chi connectivity index (χ3n) is 15.0. The Balaban J connectivity index is 1.10. The van der Waals surface area contributed by atoms with Crippen LogP contribution in [0.5, 0.6) is 0 Å². The first-order valence-electron chi connectivity index (χ1n) is 25.3. The van der Waals surface area contributed by atoms with Crippen LogP contribution in [0.1, 0.15) is 0 Å². The third kappa shape index (κ3) is 13.5. The van der Waals surface area contributed by atoms with Crippen LogP contribution in [0.3, 0.4) is 0 Å². The molecule has 0 aromatic carbocycles. The SMILES string of the molecule is O=S(=O)(O)OC[C@H]1O[C@@H]2O[C@H]3[C@H](O)[C@@H](O)[C@@H](O[C@H]4[C@H](O)[C@@H](O)[C@@H](O[C@H]5[C@H](O)[C@@H](O)[C@@H](O[C@H]6[C@H](O)[C@@H](O)[C@@H](O[C@H]7[C@H](O)[C@@H](O)[C@@H](O[C@H]8[C@H](O)[C@@H](O)[C@@H](O[C@H]1[C@H](O)[C@H]2O)O[C@@H]8CO)O[C@@H]7CO)O[C@@H]6CO)O[C@@H]5CO)O[C@@H]4CO)O[C@@H]3CO. The molecule has 0 saturated carbocycles. The first-order valence-corrected chi connectivity index (χ1v) is 26.6. The molecule has 38 nitrogen and oxygen atoms in total. The van der Waals surface area contributed by atoms with Gasteiger partial charge in [0.1, 0.15) is 171 Å². The lowest BCUT2D eigenvalue weighted by molar-refractivity contribution is -0.396. The summed E-state index contributed by atoms with van der Waals surface area (Å²) in [4.78, 5) is 0. The number of hydrogen-bond donors (Lipinski definition) is 21. The van der Waals surface area contributed by atoms with Gasteiger partial charge in [-0.15, -0.1) is 0 Å². The molecular formula is C42H70O38S. The van der Waals surface area contributed by atoms with Gasteiger partial charge in [0.15, 0.2) is 44.0 Å². The maximum absolute atomic E-state index is 11.7. The molecule has 39 heteroatoms. The van der Waals surface area contributed by atoms with E-state index >= 15 is 0 Å². The van der Waals surface area contributed by atoms with Gasteiger partial charge in [0.2, 0.25) is 0 Å². The highest BCUT2D eigenvalue weighted by atomic mass is 32.3. The molecule has 14 bridgehead atoms. The number of aliphatic hydroxyl groups is 20. The lowest BCUT2D eigenvalue weighted by atomic mass is 9.95. The Kier molecular flexibility index (Phi) is 22.0. The molecule has 21 heterocycles. The van der Waals surface area contributed by atoms with Crippen molar-refractivity contribution in [3.63, 3.8) is 0 Å². The van der Waals surface area contributed by atoms with Crippen molar-refractivity contribution < 1.29 is 186 Å². The number of rotatable bonds is 9. The predicted molar refractivity (Wildman–Crippen MR) is 239 cm³/mol. The van der Waals surface area contributed by atoms with Gasteiger partial charge in [0.05, 0.1) is 46.2 Å². The fraction of sp³-hybridized carbons (Fsp3) is 1.00. The molecule has 0 aromatic heterocycles. The molecule has 21 aliphatic heterocycles. The van der Waals surface area contributed by atoms with E-state index in [1.807, 2.05) is 0 Å². The van der Waals surface area contributed by atoms with E-state index < -0.39 is 272 Å². The van der Waals surface area contributed by atoms with Crippen molar-refractivity contribution in [1.29, 1.82) is 0 Å². The average molecular weight is 1220 g/mol. The van der Waals surface area contributed by atoms with Gasteiger partial charge >= 0.3 is 10.4 Å². The second-order valence-corrected chi connectivity index (χ2v) is 21.3. The molecule has 35 atom stereocenters. The lowest BCUT2D eigenvalue weighted by Crippen LogP contribution is -2.68. The molecule has 21 aliphatic rings. The first kappa shape index (κ1) is 65.5. The van der Waals surface area contributed by atoms with Gasteiger partial charge in [-0.1, -0.05) is 0 Å². The second-order valence-electron chi connectivity index (χ2n) is 20.2. The Morgan fingerprint density at radius 1 is 0.247 bits per heavy atom. The highest BCUT2D eigenvalue weighted by Crippen LogP contribution is 2.39. The Morgan fingerprint density at radius 2 is 0.395 bits per heavy atom. The van der Waals surface area contributed by atoms with Crippen molar-refractivity contribution in [2.45, 2.75) is 215 Å². The van der Waals surface area contributed by atoms with Crippen LogP contribution >= 0.6 is 0 Å². The fourth-order valence-electron chi connectivity index (χ4n) is 10.6. The smallest absolute Gasteiger partial charge is 0.394 e. The summed E-state index contributed by atoms with van der Waals surface area (Å²) >= 11 is 0. The van der Waals surface area contributed by atoms with Gasteiger partial charge in [-0.05, 0) is 0 Å². The van der Waals surface area contributed by atoms with Gasteiger partial charge in [0, 0.05) is 0 Å². The fourth-order valence-corrected chi connectivity index (χ4v) is 10.9. The summed E-state index contributed by atoms with van der Waals surface area (Å²) in [5.41, 5.74) is 0. The molecule has 21 fully saturated rings. The van der Waals surface area contributed by atoms with Gasteiger partial charge in [-0.2, -0.15) is 8.42 Å². The van der Waals surface area contributed by atoms with Crippen molar-refractivity contribution in [2.75, 3.05) is 46.2 Å². The summed E-state index contributed by atoms with van der Waals surface area (Å²) in [7, 11) is -5.37. The van der Waals surface area contributed by atoms with Gasteiger partial charge in [-0.3, -0.25) is 4.55 Å². The minimum atomic E-state index is -5.37. The normalized spacial score (nSPS) is 53.4. The highest BCUT2D eigenvalue weighted by molar-refractivity contribution is 7.80. The summed E-state index contributed by atoms with van der Waals surface area (Å²) < 4.78 is 117. The summed E-state index contributed by atoms with van der Waals surface area (Å²) in [6.07, 6.45) is -73.5. The monoisotopic (exact) mass is 1210 g/mol. The molecule has 0 unspecified atom stereocenters. The summed E-state index contributed by atoms with van der Waals surface area (Å²) in [6.45, 7) is -7.93. The van der Waals surface area contributed by atoms with E-state index in [-0.39, 0.29) is 0 Å². The summed E-state index contributed by atoms with van der Waals surface area (Å²) in [5, 5.41) is 221. The van der Waals surface area contributed by atoms with Crippen LogP contribution in [0.4, 0.5) is 0 Å². The summed E-state index contributed by atoms with van der Waals surface area (Å²) in [5.74, 6) is 0. The van der Waals surface area contributed by atoms with Crippen molar-refractivity contribution in [2.24, 2.45) is 0 Å². The van der Waals surface area contributed by atoms with E-state index in [0.717, 1.165) is 0 Å². The van der Waals surface area contributed by atoms with Crippen molar-refractivity contribution in [3.05, 3.63) is 0 Å². The third-order valence-corrected chi connectivity index (χ3v) is 15.4. The molecule has 0 radical (unpaired) electrons. The molecular weight excluding hydrogens is 1140 g/mol. The molecule has 0 aromatic rings. The minimum Gasteiger partial charge on any atom is -0.394 e. The zero-order valence-electron chi connectivity index (χ0n) is 41.9. The molecule has 21 saturated heterocycles. The largest absolute Gasteiger partial charge is 0.397 e. The number of ether oxygens (including phenoxy) is 14. The van der Waals surface area contributed by atoms with E-state index in [2.05, 4.69) is 4.18 Å².